The maximum absolute atomic E-state index is 11.8. The number of methoxy groups -OCH3 is 1. The second-order valence-corrected chi connectivity index (χ2v) is 4.50. The molecule has 3 nitrogen and oxygen atoms in total. The van der Waals surface area contributed by atoms with Crippen LogP contribution in [0.4, 0.5) is 5.69 Å². The summed E-state index contributed by atoms with van der Waals surface area (Å²) in [5.74, 6) is 0.0353. The normalized spacial score (nSPS) is 14.4. The van der Waals surface area contributed by atoms with Gasteiger partial charge in [0, 0.05) is 17.8 Å². The van der Waals surface area contributed by atoms with Crippen molar-refractivity contribution in [3.63, 3.8) is 0 Å². The minimum atomic E-state index is -0.240. The molecule has 0 aromatic heterocycles. The lowest BCUT2D eigenvalue weighted by Crippen LogP contribution is -2.22. The van der Waals surface area contributed by atoms with Crippen molar-refractivity contribution in [1.82, 2.24) is 0 Å². The van der Waals surface area contributed by atoms with E-state index in [1.807, 2.05) is 24.3 Å². The van der Waals surface area contributed by atoms with Gasteiger partial charge in [-0.05, 0) is 17.5 Å². The molecule has 1 N–H and O–H groups in total. The fourth-order valence-corrected chi connectivity index (χ4v) is 2.10. The predicted molar refractivity (Wildman–Crippen MR) is 67.6 cm³/mol. The van der Waals surface area contributed by atoms with E-state index in [1.54, 1.807) is 0 Å². The monoisotopic (exact) mass is 231 g/mol. The van der Waals surface area contributed by atoms with Gasteiger partial charge in [-0.15, -0.1) is 0 Å². The molecule has 3 heteroatoms. The Morgan fingerprint density at radius 2 is 2.06 bits per heavy atom. The molecule has 90 valence electrons. The highest BCUT2D eigenvalue weighted by molar-refractivity contribution is 5.92. The molecule has 0 radical (unpaired) electrons. The van der Waals surface area contributed by atoms with E-state index in [0.29, 0.717) is 6.42 Å². The Morgan fingerprint density at radius 3 is 2.71 bits per heavy atom. The topological polar surface area (TPSA) is 38.3 Å². The van der Waals surface area contributed by atoms with Gasteiger partial charge in [-0.3, -0.25) is 0 Å². The number of carbonyl (C=O) groups excluding carboxylic acids is 1. The van der Waals surface area contributed by atoms with E-state index in [4.69, 9.17) is 4.74 Å². The summed E-state index contributed by atoms with van der Waals surface area (Å²) in [6.07, 6.45) is 0.642. The number of rotatable bonds is 2. The third kappa shape index (κ3) is 2.18. The third-order valence-electron chi connectivity index (χ3n) is 2.99. The molecule has 1 heterocycles. The zero-order chi connectivity index (χ0) is 12.4. The molecule has 0 fully saturated rings. The standard InChI is InChI=1S/C14H17NO2/c1-9(2)13-11(14(16)17-3)8-10-6-4-5-7-12(10)15-13/h4-7,9,15H,8H2,1-3H3. The van der Waals surface area contributed by atoms with Crippen molar-refractivity contribution in [2.75, 3.05) is 12.4 Å². The number of hydrogen-bond acceptors (Lipinski definition) is 3. The second kappa shape index (κ2) is 4.62. The van der Waals surface area contributed by atoms with Crippen LogP contribution in [0.3, 0.4) is 0 Å². The second-order valence-electron chi connectivity index (χ2n) is 4.50. The highest BCUT2D eigenvalue weighted by Gasteiger charge is 2.24. The number of carbonyl (C=O) groups is 1. The molecule has 0 atom stereocenters. The molecule has 0 amide bonds. The zero-order valence-corrected chi connectivity index (χ0v) is 10.4. The minimum Gasteiger partial charge on any atom is -0.466 e. The highest BCUT2D eigenvalue weighted by Crippen LogP contribution is 2.30. The van der Waals surface area contributed by atoms with Crippen molar-refractivity contribution >= 4 is 11.7 Å². The molecular weight excluding hydrogens is 214 g/mol. The highest BCUT2D eigenvalue weighted by atomic mass is 16.5. The molecule has 1 aliphatic heterocycles. The van der Waals surface area contributed by atoms with E-state index >= 15 is 0 Å². The molecule has 0 saturated carbocycles. The van der Waals surface area contributed by atoms with Gasteiger partial charge in [-0.25, -0.2) is 4.79 Å². The van der Waals surface area contributed by atoms with Crippen LogP contribution in [0.5, 0.6) is 0 Å². The average Bonchev–Trinajstić information content (AvgIpc) is 2.36. The molecule has 1 aromatic rings. The summed E-state index contributed by atoms with van der Waals surface area (Å²) in [7, 11) is 1.42. The van der Waals surface area contributed by atoms with Crippen LogP contribution in [-0.4, -0.2) is 13.1 Å². The fraction of sp³-hybridized carbons (Fsp3) is 0.357. The summed E-state index contributed by atoms with van der Waals surface area (Å²) in [5, 5.41) is 3.34. The first-order valence-electron chi connectivity index (χ1n) is 5.79. The Kier molecular flexibility index (Phi) is 3.18. The first-order chi connectivity index (χ1) is 8.13. The summed E-state index contributed by atoms with van der Waals surface area (Å²) < 4.78 is 4.85. The van der Waals surface area contributed by atoms with Gasteiger partial charge in [0.05, 0.1) is 12.7 Å². The SMILES string of the molecule is COC(=O)C1=C(C(C)C)Nc2ccccc2C1. The Labute approximate surface area is 101 Å². The molecule has 0 spiro atoms. The van der Waals surface area contributed by atoms with Gasteiger partial charge in [-0.1, -0.05) is 32.0 Å². The molecule has 17 heavy (non-hydrogen) atoms. The molecule has 0 aliphatic carbocycles. The van der Waals surface area contributed by atoms with Gasteiger partial charge in [0.2, 0.25) is 0 Å². The number of allylic oxidation sites excluding steroid dienone is 1. The Bertz CT molecular complexity index is 475. The van der Waals surface area contributed by atoms with Crippen LogP contribution in [0.15, 0.2) is 35.5 Å². The number of hydrogen-bond donors (Lipinski definition) is 1. The van der Waals surface area contributed by atoms with Crippen molar-refractivity contribution in [3.05, 3.63) is 41.1 Å². The number of benzene rings is 1. The van der Waals surface area contributed by atoms with E-state index in [-0.39, 0.29) is 11.9 Å². The van der Waals surface area contributed by atoms with Gasteiger partial charge >= 0.3 is 5.97 Å². The summed E-state index contributed by atoms with van der Waals surface area (Å²) >= 11 is 0. The molecule has 0 unspecified atom stereocenters. The zero-order valence-electron chi connectivity index (χ0n) is 10.4. The molecule has 2 rings (SSSR count). The number of anilines is 1. The van der Waals surface area contributed by atoms with E-state index in [2.05, 4.69) is 19.2 Å². The lowest BCUT2D eigenvalue weighted by atomic mass is 9.93. The average molecular weight is 231 g/mol. The quantitative estimate of drug-likeness (QED) is 0.795. The third-order valence-corrected chi connectivity index (χ3v) is 2.99. The summed E-state index contributed by atoms with van der Waals surface area (Å²) in [6, 6.07) is 8.04. The maximum atomic E-state index is 11.8. The fourth-order valence-electron chi connectivity index (χ4n) is 2.10. The molecule has 0 bridgehead atoms. The van der Waals surface area contributed by atoms with Crippen molar-refractivity contribution in [2.24, 2.45) is 5.92 Å². The number of para-hydroxylation sites is 1. The van der Waals surface area contributed by atoms with Crippen molar-refractivity contribution < 1.29 is 9.53 Å². The van der Waals surface area contributed by atoms with E-state index < -0.39 is 0 Å². The van der Waals surface area contributed by atoms with Crippen LogP contribution >= 0.6 is 0 Å². The Hall–Kier alpha value is -1.77. The molecule has 1 aromatic carbocycles. The van der Waals surface area contributed by atoms with Gasteiger partial charge < -0.3 is 10.1 Å². The van der Waals surface area contributed by atoms with E-state index in [9.17, 15) is 4.79 Å². The number of esters is 1. The smallest absolute Gasteiger partial charge is 0.335 e. The summed E-state index contributed by atoms with van der Waals surface area (Å²) in [4.78, 5) is 11.8. The molecular formula is C14H17NO2. The van der Waals surface area contributed by atoms with Gasteiger partial charge in [-0.2, -0.15) is 0 Å². The first kappa shape index (κ1) is 11.7. The van der Waals surface area contributed by atoms with Crippen LogP contribution < -0.4 is 5.32 Å². The van der Waals surface area contributed by atoms with Crippen LogP contribution in [0.2, 0.25) is 0 Å². The Balaban J connectivity index is 2.43. The Morgan fingerprint density at radius 1 is 1.35 bits per heavy atom. The summed E-state index contributed by atoms with van der Waals surface area (Å²) in [5.41, 5.74) is 3.93. The maximum Gasteiger partial charge on any atom is 0.335 e. The lowest BCUT2D eigenvalue weighted by molar-refractivity contribution is -0.136. The minimum absolute atomic E-state index is 0.240. The number of nitrogens with one attached hydrogen (secondary N) is 1. The van der Waals surface area contributed by atoms with Crippen molar-refractivity contribution in [3.8, 4) is 0 Å². The predicted octanol–water partition coefficient (Wildman–Crippen LogP) is 2.74. The lowest BCUT2D eigenvalue weighted by Gasteiger charge is -2.25. The van der Waals surface area contributed by atoms with Crippen LogP contribution in [0.25, 0.3) is 0 Å². The van der Waals surface area contributed by atoms with Crippen LogP contribution in [0, 0.1) is 5.92 Å². The van der Waals surface area contributed by atoms with Crippen LogP contribution in [-0.2, 0) is 16.0 Å². The molecule has 1 aliphatic rings. The van der Waals surface area contributed by atoms with E-state index in [1.165, 1.54) is 7.11 Å². The first-order valence-corrected chi connectivity index (χ1v) is 5.79. The van der Waals surface area contributed by atoms with Crippen LogP contribution in [0.1, 0.15) is 19.4 Å². The van der Waals surface area contributed by atoms with E-state index in [0.717, 1.165) is 22.5 Å². The van der Waals surface area contributed by atoms with Crippen molar-refractivity contribution in [1.29, 1.82) is 0 Å². The summed E-state index contributed by atoms with van der Waals surface area (Å²) in [6.45, 7) is 4.14. The van der Waals surface area contributed by atoms with Gasteiger partial charge in [0.15, 0.2) is 0 Å². The largest absolute Gasteiger partial charge is 0.466 e. The molecule has 0 saturated heterocycles. The number of fused-ring (bicyclic) bond motifs is 1. The number of ether oxygens (including phenoxy) is 1. The van der Waals surface area contributed by atoms with Gasteiger partial charge in [0.25, 0.3) is 0 Å². The van der Waals surface area contributed by atoms with Crippen molar-refractivity contribution in [2.45, 2.75) is 20.3 Å². The van der Waals surface area contributed by atoms with Gasteiger partial charge in [0.1, 0.15) is 0 Å².